The Kier molecular flexibility index (Phi) is 4.86. The van der Waals surface area contributed by atoms with Crippen LogP contribution in [0.25, 0.3) is 0 Å². The third-order valence-corrected chi connectivity index (χ3v) is 3.64. The van der Waals surface area contributed by atoms with Crippen LogP contribution in [0.4, 0.5) is 4.39 Å². The summed E-state index contributed by atoms with van der Waals surface area (Å²) in [6.07, 6.45) is 2.36. The Bertz CT molecular complexity index is 805. The molecule has 0 aliphatic rings. The highest BCUT2D eigenvalue weighted by Crippen LogP contribution is 2.23. The molecular weight excluding hydrogens is 333 g/mol. The highest BCUT2D eigenvalue weighted by atomic mass is 35.5. The van der Waals surface area contributed by atoms with Crippen LogP contribution in [-0.4, -0.2) is 20.7 Å². The van der Waals surface area contributed by atoms with Crippen LogP contribution in [0.5, 0.6) is 0 Å². The van der Waals surface area contributed by atoms with Crippen LogP contribution in [0.2, 0.25) is 5.02 Å². The van der Waals surface area contributed by atoms with Gasteiger partial charge in [0.2, 0.25) is 0 Å². The van der Waals surface area contributed by atoms with E-state index in [0.717, 1.165) is 5.56 Å². The zero-order valence-electron chi connectivity index (χ0n) is 12.5. The Hall–Kier alpha value is -2.73. The monoisotopic (exact) mass is 345 g/mol. The van der Waals surface area contributed by atoms with Crippen LogP contribution >= 0.6 is 11.6 Å². The van der Waals surface area contributed by atoms with Crippen molar-refractivity contribution in [1.29, 1.82) is 0 Å². The molecule has 3 aromatic rings. The van der Waals surface area contributed by atoms with Crippen LogP contribution in [0.3, 0.4) is 0 Å². The molecule has 0 aliphatic carbocycles. The van der Waals surface area contributed by atoms with Gasteiger partial charge < -0.3 is 4.74 Å². The molecule has 1 heterocycles. The van der Waals surface area contributed by atoms with Crippen molar-refractivity contribution in [2.24, 2.45) is 0 Å². The van der Waals surface area contributed by atoms with E-state index < -0.39 is 17.9 Å². The molecule has 1 atom stereocenters. The molecule has 24 heavy (non-hydrogen) atoms. The smallest absolute Gasteiger partial charge is 0.338 e. The molecule has 3 rings (SSSR count). The molecule has 5 nitrogen and oxygen atoms in total. The molecule has 0 saturated carbocycles. The summed E-state index contributed by atoms with van der Waals surface area (Å²) in [7, 11) is 0. The van der Waals surface area contributed by atoms with Gasteiger partial charge in [-0.15, -0.1) is 0 Å². The van der Waals surface area contributed by atoms with E-state index in [4.69, 9.17) is 16.3 Å². The van der Waals surface area contributed by atoms with E-state index in [1.807, 2.05) is 0 Å². The molecule has 0 N–H and O–H groups in total. The molecule has 0 amide bonds. The van der Waals surface area contributed by atoms with Gasteiger partial charge in [-0.1, -0.05) is 23.7 Å². The van der Waals surface area contributed by atoms with E-state index in [9.17, 15) is 9.18 Å². The first kappa shape index (κ1) is 16.1. The van der Waals surface area contributed by atoms with Crippen molar-refractivity contribution in [3.05, 3.63) is 83.2 Å². The lowest BCUT2D eigenvalue weighted by Crippen LogP contribution is -2.17. The summed E-state index contributed by atoms with van der Waals surface area (Å²) in [6, 6.07) is 12.2. The Labute approximate surface area is 142 Å². The Morgan fingerprint density at radius 3 is 2.50 bits per heavy atom. The van der Waals surface area contributed by atoms with E-state index in [1.165, 1.54) is 36.9 Å². The Balaban J connectivity index is 1.82. The maximum atomic E-state index is 13.0. The third kappa shape index (κ3) is 3.97. The first-order valence-electron chi connectivity index (χ1n) is 7.16. The van der Waals surface area contributed by atoms with Crippen LogP contribution < -0.4 is 0 Å². The van der Waals surface area contributed by atoms with E-state index in [-0.39, 0.29) is 5.56 Å². The number of hydrogen-bond donors (Lipinski definition) is 0. The number of benzene rings is 2. The zero-order valence-corrected chi connectivity index (χ0v) is 13.2. The molecule has 122 valence electrons. The van der Waals surface area contributed by atoms with Gasteiger partial charge in [-0.3, -0.25) is 0 Å². The van der Waals surface area contributed by atoms with Crippen LogP contribution in [0, 0.1) is 5.82 Å². The minimum atomic E-state index is -0.582. The Morgan fingerprint density at radius 1 is 1.17 bits per heavy atom. The zero-order chi connectivity index (χ0) is 16.9. The fourth-order valence-electron chi connectivity index (χ4n) is 2.17. The molecule has 0 aliphatic heterocycles. The van der Waals surface area contributed by atoms with Gasteiger partial charge in [0.05, 0.1) is 12.1 Å². The number of ether oxygens (including phenoxy) is 1. The van der Waals surface area contributed by atoms with Gasteiger partial charge in [0.25, 0.3) is 0 Å². The summed E-state index contributed by atoms with van der Waals surface area (Å²) in [5, 5.41) is 4.62. The molecule has 0 fully saturated rings. The summed E-state index contributed by atoms with van der Waals surface area (Å²) in [5.41, 5.74) is 1.04. The summed E-state index contributed by atoms with van der Waals surface area (Å²) < 4.78 is 20.1. The fourth-order valence-corrected chi connectivity index (χ4v) is 2.29. The molecule has 0 spiro atoms. The molecule has 0 bridgehead atoms. The lowest BCUT2D eigenvalue weighted by molar-refractivity contribution is 0.0246. The van der Waals surface area contributed by atoms with Crippen molar-refractivity contribution < 1.29 is 13.9 Å². The van der Waals surface area contributed by atoms with Crippen molar-refractivity contribution in [3.63, 3.8) is 0 Å². The number of hydrogen-bond acceptors (Lipinski definition) is 4. The number of esters is 1. The average molecular weight is 346 g/mol. The van der Waals surface area contributed by atoms with Gasteiger partial charge in [-0.05, 0) is 42.0 Å². The first-order valence-corrected chi connectivity index (χ1v) is 7.54. The second-order valence-corrected chi connectivity index (χ2v) is 5.51. The normalized spacial score (nSPS) is 11.9. The average Bonchev–Trinajstić information content (AvgIpc) is 3.08. The van der Waals surface area contributed by atoms with Crippen LogP contribution in [0.1, 0.15) is 22.0 Å². The molecule has 2 aromatic carbocycles. The Morgan fingerprint density at radius 2 is 1.88 bits per heavy atom. The van der Waals surface area contributed by atoms with Crippen molar-refractivity contribution in [2.45, 2.75) is 12.6 Å². The van der Waals surface area contributed by atoms with E-state index in [1.54, 1.807) is 28.9 Å². The number of nitrogens with zero attached hydrogens (tertiary/aromatic N) is 3. The number of carbonyl (C=O) groups excluding carboxylic acids is 1. The van der Waals surface area contributed by atoms with Gasteiger partial charge in [0.15, 0.2) is 0 Å². The topological polar surface area (TPSA) is 57.0 Å². The van der Waals surface area contributed by atoms with Gasteiger partial charge in [-0.2, -0.15) is 5.10 Å². The van der Waals surface area contributed by atoms with E-state index in [0.29, 0.717) is 11.6 Å². The highest BCUT2D eigenvalue weighted by molar-refractivity contribution is 6.30. The molecule has 0 unspecified atom stereocenters. The van der Waals surface area contributed by atoms with Gasteiger partial charge in [0, 0.05) is 5.02 Å². The maximum absolute atomic E-state index is 13.0. The molecule has 7 heteroatoms. The maximum Gasteiger partial charge on any atom is 0.338 e. The van der Waals surface area contributed by atoms with E-state index in [2.05, 4.69) is 10.1 Å². The van der Waals surface area contributed by atoms with Gasteiger partial charge in [0.1, 0.15) is 24.6 Å². The van der Waals surface area contributed by atoms with Crippen molar-refractivity contribution in [3.8, 4) is 0 Å². The predicted octanol–water partition coefficient (Wildman–Crippen LogP) is 3.67. The lowest BCUT2D eigenvalue weighted by atomic mass is 10.1. The predicted molar refractivity (Wildman–Crippen MR) is 86.0 cm³/mol. The first-order chi connectivity index (χ1) is 11.6. The van der Waals surface area contributed by atoms with Crippen molar-refractivity contribution >= 4 is 17.6 Å². The van der Waals surface area contributed by atoms with Gasteiger partial charge >= 0.3 is 5.97 Å². The number of carbonyl (C=O) groups is 1. The standard InChI is InChI=1S/C17H13ClFN3O2/c18-14-5-1-12(2-6-14)16(9-22-11-20-10-21-22)24-17(23)13-3-7-15(19)8-4-13/h1-8,10-11,16H,9H2/t16-/m1/s1. The summed E-state index contributed by atoms with van der Waals surface area (Å²) >= 11 is 5.90. The summed E-state index contributed by atoms with van der Waals surface area (Å²) in [5.74, 6) is -0.960. The van der Waals surface area contributed by atoms with Crippen molar-refractivity contribution in [2.75, 3.05) is 0 Å². The van der Waals surface area contributed by atoms with Gasteiger partial charge in [-0.25, -0.2) is 18.9 Å². The highest BCUT2D eigenvalue weighted by Gasteiger charge is 2.19. The fraction of sp³-hybridized carbons (Fsp3) is 0.118. The van der Waals surface area contributed by atoms with Crippen molar-refractivity contribution in [1.82, 2.24) is 14.8 Å². The molecular formula is C17H13ClFN3O2. The largest absolute Gasteiger partial charge is 0.452 e. The molecule has 1 aromatic heterocycles. The summed E-state index contributed by atoms with van der Waals surface area (Å²) in [6.45, 7) is 0.300. The lowest BCUT2D eigenvalue weighted by Gasteiger charge is -2.18. The quantitative estimate of drug-likeness (QED) is 0.662. The number of rotatable bonds is 5. The minimum absolute atomic E-state index is 0.272. The number of halogens is 2. The van der Waals surface area contributed by atoms with Crippen LogP contribution in [0.15, 0.2) is 61.2 Å². The summed E-state index contributed by atoms with van der Waals surface area (Å²) in [4.78, 5) is 16.2. The second kappa shape index (κ2) is 7.23. The SMILES string of the molecule is O=C(O[C@H](Cn1cncn1)c1ccc(Cl)cc1)c1ccc(F)cc1. The molecule has 0 saturated heterocycles. The van der Waals surface area contributed by atoms with E-state index >= 15 is 0 Å². The second-order valence-electron chi connectivity index (χ2n) is 5.07. The van der Waals surface area contributed by atoms with Crippen LogP contribution in [-0.2, 0) is 11.3 Å². The third-order valence-electron chi connectivity index (χ3n) is 3.39. The minimum Gasteiger partial charge on any atom is -0.452 e. The molecule has 0 radical (unpaired) electrons. The number of aromatic nitrogens is 3.